The highest BCUT2D eigenvalue weighted by atomic mass is 16.7. The van der Waals surface area contributed by atoms with E-state index in [2.05, 4.69) is 15.6 Å². The van der Waals surface area contributed by atoms with Crippen LogP contribution in [0.15, 0.2) is 42.5 Å². The number of amides is 2. The van der Waals surface area contributed by atoms with E-state index in [0.717, 1.165) is 29.3 Å². The van der Waals surface area contributed by atoms with E-state index in [9.17, 15) is 9.59 Å². The number of fused-ring (bicyclic) bond motifs is 2. The van der Waals surface area contributed by atoms with Gasteiger partial charge in [0.25, 0.3) is 5.91 Å². The van der Waals surface area contributed by atoms with Crippen LogP contribution in [0.25, 0.3) is 10.9 Å². The molecule has 142 valence electrons. The van der Waals surface area contributed by atoms with Crippen molar-refractivity contribution in [1.82, 2.24) is 10.3 Å². The Labute approximate surface area is 161 Å². The van der Waals surface area contributed by atoms with Crippen LogP contribution in [0.5, 0.6) is 11.5 Å². The third-order valence-corrected chi connectivity index (χ3v) is 5.46. The van der Waals surface area contributed by atoms with E-state index in [1.165, 1.54) is 0 Å². The number of benzene rings is 2. The van der Waals surface area contributed by atoms with Crippen LogP contribution in [0.2, 0.25) is 0 Å². The molecule has 0 bridgehead atoms. The number of nitrogens with one attached hydrogen (secondary N) is 3. The lowest BCUT2D eigenvalue weighted by atomic mass is 9.94. The van der Waals surface area contributed by atoms with Gasteiger partial charge in [-0.2, -0.15) is 0 Å². The highest BCUT2D eigenvalue weighted by Crippen LogP contribution is 2.51. The Morgan fingerprint density at radius 2 is 1.86 bits per heavy atom. The summed E-state index contributed by atoms with van der Waals surface area (Å²) in [4.78, 5) is 27.9. The third kappa shape index (κ3) is 2.58. The molecule has 0 unspecified atom stereocenters. The number of H-pyrrole nitrogens is 1. The fraction of sp³-hybridized carbons (Fsp3) is 0.238. The van der Waals surface area contributed by atoms with Crippen LogP contribution >= 0.6 is 0 Å². The van der Waals surface area contributed by atoms with E-state index >= 15 is 0 Å². The number of hydrogen-bond acceptors (Lipinski definition) is 4. The highest BCUT2D eigenvalue weighted by molar-refractivity contribution is 6.03. The SMILES string of the molecule is CNC(=O)c1cc2cc(NC(=O)C3(c4ccc5c(c4)OCO5)CC3)ccc2[nH]1. The van der Waals surface area contributed by atoms with Crippen LogP contribution in [0.1, 0.15) is 28.9 Å². The summed E-state index contributed by atoms with van der Waals surface area (Å²) in [5.74, 6) is 1.19. The number of rotatable bonds is 4. The monoisotopic (exact) mass is 377 g/mol. The molecule has 1 fully saturated rings. The second-order valence-corrected chi connectivity index (χ2v) is 7.17. The molecular formula is C21H19N3O4. The predicted octanol–water partition coefficient (Wildman–Crippen LogP) is 2.93. The molecule has 2 aromatic carbocycles. The molecule has 5 rings (SSSR count). The molecule has 3 aromatic rings. The van der Waals surface area contributed by atoms with Crippen LogP contribution in [0.4, 0.5) is 5.69 Å². The summed E-state index contributed by atoms with van der Waals surface area (Å²) in [6.07, 6.45) is 1.59. The number of carbonyl (C=O) groups is 2. The number of aromatic amines is 1. The lowest BCUT2D eigenvalue weighted by molar-refractivity contribution is -0.118. The number of carbonyl (C=O) groups excluding carboxylic acids is 2. The zero-order valence-electron chi connectivity index (χ0n) is 15.3. The van der Waals surface area contributed by atoms with E-state index in [-0.39, 0.29) is 18.6 Å². The van der Waals surface area contributed by atoms with Gasteiger partial charge in [0.05, 0.1) is 5.41 Å². The van der Waals surface area contributed by atoms with Crippen molar-refractivity contribution in [3.05, 3.63) is 53.7 Å². The number of hydrogen-bond donors (Lipinski definition) is 3. The minimum atomic E-state index is -0.526. The van der Waals surface area contributed by atoms with Crippen molar-refractivity contribution in [2.45, 2.75) is 18.3 Å². The molecule has 2 aliphatic rings. The Morgan fingerprint density at radius 3 is 2.64 bits per heavy atom. The maximum absolute atomic E-state index is 13.0. The number of anilines is 1. The lowest BCUT2D eigenvalue weighted by Crippen LogP contribution is -2.27. The van der Waals surface area contributed by atoms with Gasteiger partial charge in [-0.25, -0.2) is 0 Å². The second kappa shape index (κ2) is 6.02. The first-order chi connectivity index (χ1) is 13.6. The lowest BCUT2D eigenvalue weighted by Gasteiger charge is -2.16. The van der Waals surface area contributed by atoms with E-state index in [1.807, 2.05) is 36.4 Å². The van der Waals surface area contributed by atoms with Gasteiger partial charge in [0.1, 0.15) is 5.69 Å². The fourth-order valence-electron chi connectivity index (χ4n) is 3.68. The molecule has 1 aliphatic heterocycles. The van der Waals surface area contributed by atoms with Crippen molar-refractivity contribution < 1.29 is 19.1 Å². The maximum atomic E-state index is 13.0. The minimum Gasteiger partial charge on any atom is -0.454 e. The summed E-state index contributed by atoms with van der Waals surface area (Å²) in [6, 6.07) is 13.0. The third-order valence-electron chi connectivity index (χ3n) is 5.46. The first-order valence-electron chi connectivity index (χ1n) is 9.15. The molecule has 2 amide bonds. The summed E-state index contributed by atoms with van der Waals surface area (Å²) in [6.45, 7) is 0.215. The zero-order valence-corrected chi connectivity index (χ0v) is 15.3. The van der Waals surface area contributed by atoms with E-state index in [1.54, 1.807) is 13.1 Å². The van der Waals surface area contributed by atoms with Gasteiger partial charge >= 0.3 is 0 Å². The van der Waals surface area contributed by atoms with Crippen LogP contribution in [0, 0.1) is 0 Å². The quantitative estimate of drug-likeness (QED) is 0.652. The van der Waals surface area contributed by atoms with Crippen molar-refractivity contribution in [3.8, 4) is 11.5 Å². The van der Waals surface area contributed by atoms with Crippen LogP contribution in [-0.4, -0.2) is 30.6 Å². The molecule has 1 aromatic heterocycles. The molecule has 3 N–H and O–H groups in total. The topological polar surface area (TPSA) is 92.5 Å². The summed E-state index contributed by atoms with van der Waals surface area (Å²) < 4.78 is 10.8. The second-order valence-electron chi connectivity index (χ2n) is 7.17. The predicted molar refractivity (Wildman–Crippen MR) is 104 cm³/mol. The molecule has 2 heterocycles. The summed E-state index contributed by atoms with van der Waals surface area (Å²) in [5, 5.41) is 6.49. The van der Waals surface area contributed by atoms with Gasteiger partial charge in [0, 0.05) is 23.6 Å². The van der Waals surface area contributed by atoms with Crippen molar-refractivity contribution >= 4 is 28.4 Å². The summed E-state index contributed by atoms with van der Waals surface area (Å²) in [5.41, 5.74) is 2.45. The average Bonchev–Trinajstić information content (AvgIpc) is 3.20. The summed E-state index contributed by atoms with van der Waals surface area (Å²) >= 11 is 0. The van der Waals surface area contributed by atoms with Gasteiger partial charge in [-0.15, -0.1) is 0 Å². The molecular weight excluding hydrogens is 358 g/mol. The van der Waals surface area contributed by atoms with Gasteiger partial charge in [0.2, 0.25) is 12.7 Å². The minimum absolute atomic E-state index is 0.0345. The molecule has 1 saturated carbocycles. The molecule has 0 atom stereocenters. The first-order valence-corrected chi connectivity index (χ1v) is 9.15. The van der Waals surface area contributed by atoms with Gasteiger partial charge < -0.3 is 25.1 Å². The molecule has 28 heavy (non-hydrogen) atoms. The van der Waals surface area contributed by atoms with Gasteiger partial charge in [-0.05, 0) is 54.8 Å². The van der Waals surface area contributed by atoms with Crippen molar-refractivity contribution in [2.75, 3.05) is 19.2 Å². The standard InChI is InChI=1S/C21H19N3O4/c1-22-19(25)16-9-12-8-14(3-4-15(12)24-16)23-20(26)21(6-7-21)13-2-5-17-18(10-13)28-11-27-17/h2-5,8-10,24H,6-7,11H2,1H3,(H,22,25)(H,23,26). The van der Waals surface area contributed by atoms with E-state index in [4.69, 9.17) is 9.47 Å². The van der Waals surface area contributed by atoms with Gasteiger partial charge in [-0.1, -0.05) is 6.07 Å². The zero-order chi connectivity index (χ0) is 19.3. The highest BCUT2D eigenvalue weighted by Gasteiger charge is 2.51. The molecule has 0 radical (unpaired) electrons. The first kappa shape index (κ1) is 16.7. The van der Waals surface area contributed by atoms with E-state index in [0.29, 0.717) is 22.9 Å². The van der Waals surface area contributed by atoms with Crippen molar-refractivity contribution in [3.63, 3.8) is 0 Å². The number of aromatic nitrogens is 1. The normalized spacial score (nSPS) is 16.0. The molecule has 7 heteroatoms. The van der Waals surface area contributed by atoms with Crippen LogP contribution < -0.4 is 20.1 Å². The number of ether oxygens (including phenoxy) is 2. The smallest absolute Gasteiger partial charge is 0.267 e. The average molecular weight is 377 g/mol. The van der Waals surface area contributed by atoms with Crippen LogP contribution in [0.3, 0.4) is 0 Å². The summed E-state index contributed by atoms with van der Waals surface area (Å²) in [7, 11) is 1.59. The van der Waals surface area contributed by atoms with Crippen LogP contribution in [-0.2, 0) is 10.2 Å². The Morgan fingerprint density at radius 1 is 1.04 bits per heavy atom. The Bertz CT molecular complexity index is 1110. The maximum Gasteiger partial charge on any atom is 0.267 e. The fourth-order valence-corrected chi connectivity index (χ4v) is 3.68. The van der Waals surface area contributed by atoms with Crippen molar-refractivity contribution in [1.29, 1.82) is 0 Å². The molecule has 0 spiro atoms. The molecule has 0 saturated heterocycles. The van der Waals surface area contributed by atoms with Crippen molar-refractivity contribution in [2.24, 2.45) is 0 Å². The Balaban J connectivity index is 1.39. The van der Waals surface area contributed by atoms with E-state index < -0.39 is 5.41 Å². The molecule has 1 aliphatic carbocycles. The Hall–Kier alpha value is -3.48. The van der Waals surface area contributed by atoms with Gasteiger partial charge in [-0.3, -0.25) is 9.59 Å². The largest absolute Gasteiger partial charge is 0.454 e. The molecule has 7 nitrogen and oxygen atoms in total. The Kier molecular flexibility index (Phi) is 3.58. The van der Waals surface area contributed by atoms with Gasteiger partial charge in [0.15, 0.2) is 11.5 Å².